The van der Waals surface area contributed by atoms with Gasteiger partial charge >= 0.3 is 0 Å². The van der Waals surface area contributed by atoms with E-state index in [-0.39, 0.29) is 11.5 Å². The van der Waals surface area contributed by atoms with Crippen molar-refractivity contribution in [2.24, 2.45) is 0 Å². The van der Waals surface area contributed by atoms with Crippen LogP contribution in [0.5, 0.6) is 0 Å². The van der Waals surface area contributed by atoms with Crippen molar-refractivity contribution < 1.29 is 19.8 Å². The van der Waals surface area contributed by atoms with Crippen LogP contribution in [0.1, 0.15) is 22.3 Å². The highest BCUT2D eigenvalue weighted by Gasteiger charge is 2.12. The Hall–Kier alpha value is -3.14. The highest BCUT2D eigenvalue weighted by molar-refractivity contribution is 6.47. The zero-order valence-corrected chi connectivity index (χ0v) is 13.5. The Morgan fingerprint density at radius 2 is 0.958 bits per heavy atom. The normalized spacial score (nSPS) is 12.1. The molecule has 0 aliphatic rings. The third kappa shape index (κ3) is 4.43. The summed E-state index contributed by atoms with van der Waals surface area (Å²) in [5.74, 6) is -2.41. The van der Waals surface area contributed by atoms with Gasteiger partial charge in [0.2, 0.25) is 11.6 Å². The molecule has 0 atom stereocenters. The molecule has 122 valence electrons. The third-order valence-corrected chi connectivity index (χ3v) is 3.47. The summed E-state index contributed by atoms with van der Waals surface area (Å²) in [5, 5.41) is 19.8. The average Bonchev–Trinajstić information content (AvgIpc) is 2.55. The molecule has 4 nitrogen and oxygen atoms in total. The Labute approximate surface area is 140 Å². The number of aliphatic hydroxyl groups is 2. The molecule has 2 aromatic carbocycles. The lowest BCUT2D eigenvalue weighted by atomic mass is 10.1. The van der Waals surface area contributed by atoms with Gasteiger partial charge in [-0.3, -0.25) is 9.59 Å². The van der Waals surface area contributed by atoms with Gasteiger partial charge in [0, 0.05) is 23.3 Å². The minimum Gasteiger partial charge on any atom is -0.507 e. The van der Waals surface area contributed by atoms with Gasteiger partial charge in [0.05, 0.1) is 0 Å². The molecule has 0 aliphatic carbocycles. The second-order valence-corrected chi connectivity index (χ2v) is 5.52. The monoisotopic (exact) mass is 322 g/mol. The van der Waals surface area contributed by atoms with Crippen LogP contribution >= 0.6 is 0 Å². The number of rotatable bonds is 5. The lowest BCUT2D eigenvalue weighted by Crippen LogP contribution is -2.09. The van der Waals surface area contributed by atoms with Crippen LogP contribution in [0.25, 0.3) is 11.5 Å². The predicted octanol–water partition coefficient (Wildman–Crippen LogP) is 3.94. The van der Waals surface area contributed by atoms with Crippen LogP contribution in [0.3, 0.4) is 0 Å². The SMILES string of the molecule is Cc1ccc(C(O)=CC(=O)C(=O)C=C(O)c2ccc(C)cc2)cc1. The zero-order chi connectivity index (χ0) is 17.7. The van der Waals surface area contributed by atoms with E-state index in [1.165, 1.54) is 0 Å². The van der Waals surface area contributed by atoms with E-state index >= 15 is 0 Å². The Balaban J connectivity index is 2.15. The Bertz CT molecular complexity index is 738. The van der Waals surface area contributed by atoms with Gasteiger partial charge in [0.15, 0.2) is 0 Å². The van der Waals surface area contributed by atoms with E-state index in [9.17, 15) is 19.8 Å². The van der Waals surface area contributed by atoms with E-state index in [0.717, 1.165) is 23.3 Å². The van der Waals surface area contributed by atoms with E-state index in [2.05, 4.69) is 0 Å². The fourth-order valence-electron chi connectivity index (χ4n) is 2.01. The maximum Gasteiger partial charge on any atom is 0.229 e. The van der Waals surface area contributed by atoms with Gasteiger partial charge in [0.25, 0.3) is 0 Å². The van der Waals surface area contributed by atoms with E-state index in [4.69, 9.17) is 0 Å². The number of hydrogen-bond acceptors (Lipinski definition) is 4. The first-order chi connectivity index (χ1) is 11.4. The maximum absolute atomic E-state index is 11.9. The average molecular weight is 322 g/mol. The summed E-state index contributed by atoms with van der Waals surface area (Å²) >= 11 is 0. The van der Waals surface area contributed by atoms with Crippen molar-refractivity contribution in [2.75, 3.05) is 0 Å². The Morgan fingerprint density at radius 3 is 1.25 bits per heavy atom. The lowest BCUT2D eigenvalue weighted by Gasteiger charge is -2.01. The van der Waals surface area contributed by atoms with Crippen LogP contribution in [0.2, 0.25) is 0 Å². The van der Waals surface area contributed by atoms with Crippen LogP contribution in [0.15, 0.2) is 60.7 Å². The van der Waals surface area contributed by atoms with Gasteiger partial charge in [0.1, 0.15) is 11.5 Å². The van der Waals surface area contributed by atoms with E-state index in [0.29, 0.717) is 11.1 Å². The summed E-state index contributed by atoms with van der Waals surface area (Å²) in [7, 11) is 0. The molecule has 4 heteroatoms. The molecular weight excluding hydrogens is 304 g/mol. The lowest BCUT2D eigenvalue weighted by molar-refractivity contribution is -0.130. The molecule has 0 fully saturated rings. The molecule has 0 spiro atoms. The zero-order valence-electron chi connectivity index (χ0n) is 13.5. The number of allylic oxidation sites excluding steroid dienone is 2. The molecule has 0 saturated carbocycles. The van der Waals surface area contributed by atoms with Crippen molar-refractivity contribution in [2.45, 2.75) is 13.8 Å². The van der Waals surface area contributed by atoms with Crippen molar-refractivity contribution in [3.63, 3.8) is 0 Å². The molecule has 24 heavy (non-hydrogen) atoms. The van der Waals surface area contributed by atoms with Crippen molar-refractivity contribution >= 4 is 23.1 Å². The highest BCUT2D eigenvalue weighted by atomic mass is 16.3. The first-order valence-corrected chi connectivity index (χ1v) is 7.40. The van der Waals surface area contributed by atoms with Crippen LogP contribution in [-0.4, -0.2) is 21.8 Å². The third-order valence-electron chi connectivity index (χ3n) is 3.47. The second-order valence-electron chi connectivity index (χ2n) is 5.52. The quantitative estimate of drug-likeness (QED) is 0.497. The molecule has 2 N–H and O–H groups in total. The van der Waals surface area contributed by atoms with Gasteiger partial charge in [-0.1, -0.05) is 59.7 Å². The summed E-state index contributed by atoms with van der Waals surface area (Å²) < 4.78 is 0. The molecule has 0 aromatic heterocycles. The molecule has 0 bridgehead atoms. The van der Waals surface area contributed by atoms with Gasteiger partial charge < -0.3 is 10.2 Å². The topological polar surface area (TPSA) is 74.6 Å². The summed E-state index contributed by atoms with van der Waals surface area (Å²) in [5.41, 5.74) is 2.90. The number of aliphatic hydroxyl groups excluding tert-OH is 2. The number of ketones is 2. The van der Waals surface area contributed by atoms with E-state index in [1.807, 2.05) is 13.8 Å². The van der Waals surface area contributed by atoms with Crippen molar-refractivity contribution in [1.29, 1.82) is 0 Å². The molecule has 0 heterocycles. The summed E-state index contributed by atoms with van der Waals surface area (Å²) in [6.45, 7) is 3.80. The fraction of sp³-hybridized carbons (Fsp3) is 0.100. The minimum absolute atomic E-state index is 0.295. The molecule has 0 amide bonds. The maximum atomic E-state index is 11.9. The molecule has 0 unspecified atom stereocenters. The van der Waals surface area contributed by atoms with Crippen molar-refractivity contribution in [3.8, 4) is 0 Å². The molecule has 2 rings (SSSR count). The minimum atomic E-state index is -0.910. The summed E-state index contributed by atoms with van der Waals surface area (Å²) in [4.78, 5) is 23.7. The largest absolute Gasteiger partial charge is 0.507 e. The van der Waals surface area contributed by atoms with Crippen LogP contribution in [-0.2, 0) is 9.59 Å². The summed E-state index contributed by atoms with van der Waals surface area (Å²) in [6, 6.07) is 13.8. The fourth-order valence-corrected chi connectivity index (χ4v) is 2.01. The van der Waals surface area contributed by atoms with Crippen molar-refractivity contribution in [3.05, 3.63) is 82.9 Å². The summed E-state index contributed by atoms with van der Waals surface area (Å²) in [6.07, 6.45) is 1.71. The number of carbonyl (C=O) groups is 2. The number of carbonyl (C=O) groups excluding carboxylic acids is 2. The first kappa shape index (κ1) is 17.2. The predicted molar refractivity (Wildman–Crippen MR) is 93.6 cm³/mol. The van der Waals surface area contributed by atoms with Crippen LogP contribution in [0, 0.1) is 13.8 Å². The highest BCUT2D eigenvalue weighted by Crippen LogP contribution is 2.14. The number of hydrogen-bond donors (Lipinski definition) is 2. The van der Waals surface area contributed by atoms with Gasteiger partial charge in [-0.05, 0) is 13.8 Å². The smallest absolute Gasteiger partial charge is 0.229 e. The molecule has 0 saturated heterocycles. The second kappa shape index (κ2) is 7.42. The molecular formula is C20H18O4. The van der Waals surface area contributed by atoms with E-state index < -0.39 is 11.6 Å². The first-order valence-electron chi connectivity index (χ1n) is 7.40. The molecule has 2 aromatic rings. The van der Waals surface area contributed by atoms with Crippen LogP contribution in [0.4, 0.5) is 0 Å². The molecule has 0 radical (unpaired) electrons. The van der Waals surface area contributed by atoms with Gasteiger partial charge in [-0.2, -0.15) is 0 Å². The number of aryl methyl sites for hydroxylation is 2. The Morgan fingerprint density at radius 1 is 0.667 bits per heavy atom. The van der Waals surface area contributed by atoms with E-state index in [1.54, 1.807) is 48.5 Å². The number of benzene rings is 2. The Kier molecular flexibility index (Phi) is 5.32. The van der Waals surface area contributed by atoms with Crippen molar-refractivity contribution in [1.82, 2.24) is 0 Å². The van der Waals surface area contributed by atoms with Gasteiger partial charge in [-0.15, -0.1) is 0 Å². The standard InChI is InChI=1S/C20H18O4/c1-13-3-7-15(8-4-13)17(21)11-19(23)20(24)12-18(22)16-9-5-14(2)6-10-16/h3-12,21-22H,1-2H3. The molecule has 0 aliphatic heterocycles. The van der Waals surface area contributed by atoms with Gasteiger partial charge in [-0.25, -0.2) is 0 Å². The van der Waals surface area contributed by atoms with Crippen LogP contribution < -0.4 is 0 Å².